The number of carbonyl (C=O) groups excluding carboxylic acids is 1. The molecule has 0 spiro atoms. The van der Waals surface area contributed by atoms with E-state index in [4.69, 9.17) is 16.9 Å². The van der Waals surface area contributed by atoms with Crippen molar-refractivity contribution < 1.29 is 4.79 Å². The van der Waals surface area contributed by atoms with Crippen LogP contribution in [-0.2, 0) is 4.79 Å². The predicted molar refractivity (Wildman–Crippen MR) is 113 cm³/mol. The fourth-order valence-electron chi connectivity index (χ4n) is 3.09. The quantitative estimate of drug-likeness (QED) is 0.529. The van der Waals surface area contributed by atoms with Crippen LogP contribution in [-0.4, -0.2) is 15.9 Å². The maximum Gasteiger partial charge on any atom is 0.230 e. The van der Waals surface area contributed by atoms with Gasteiger partial charge in [-0.05, 0) is 70.6 Å². The van der Waals surface area contributed by atoms with Gasteiger partial charge in [0.2, 0.25) is 5.91 Å². The van der Waals surface area contributed by atoms with E-state index in [0.717, 1.165) is 31.0 Å². The molecule has 3 aromatic rings. The number of aryl methyl sites for hydroxylation is 1. The Balaban J connectivity index is 1.75. The SMILES string of the molecule is Cc1ccncc1-c1cc2cc(NC(=O)[C@H]3C[C@@H]3C#N)ncc2c(Cl)c1I. The van der Waals surface area contributed by atoms with Gasteiger partial charge in [0.05, 0.1) is 22.9 Å². The summed E-state index contributed by atoms with van der Waals surface area (Å²) in [7, 11) is 0. The second-order valence-electron chi connectivity index (χ2n) is 6.60. The van der Waals surface area contributed by atoms with E-state index in [1.165, 1.54) is 0 Å². The number of aromatic nitrogens is 2. The molecule has 0 aliphatic heterocycles. The summed E-state index contributed by atoms with van der Waals surface area (Å²) in [6.07, 6.45) is 5.88. The van der Waals surface area contributed by atoms with Crippen molar-refractivity contribution in [3.05, 3.63) is 50.9 Å². The number of benzene rings is 1. The van der Waals surface area contributed by atoms with E-state index < -0.39 is 0 Å². The highest BCUT2D eigenvalue weighted by atomic mass is 127. The van der Waals surface area contributed by atoms with E-state index in [9.17, 15) is 4.79 Å². The Labute approximate surface area is 174 Å². The molecule has 0 unspecified atom stereocenters. The third-order valence-corrected chi connectivity index (χ3v) is 6.61. The first kappa shape index (κ1) is 18.1. The van der Waals surface area contributed by atoms with Gasteiger partial charge in [-0.2, -0.15) is 5.26 Å². The standard InChI is InChI=1S/C20H14ClIN4O/c1-10-2-3-24-8-15(10)14-4-11-6-17(25-9-16(11)18(21)19(14)22)26-20(27)13-5-12(13)7-23/h2-4,6,8-9,12-13H,5H2,1H3,(H,25,26,27)/t12-,13+/m1/s1. The minimum absolute atomic E-state index is 0.159. The number of pyridine rings is 2. The zero-order chi connectivity index (χ0) is 19.1. The average Bonchev–Trinajstić information content (AvgIpc) is 3.45. The van der Waals surface area contributed by atoms with Gasteiger partial charge in [-0.3, -0.25) is 9.78 Å². The zero-order valence-electron chi connectivity index (χ0n) is 14.3. The second kappa shape index (κ2) is 7.06. The fourth-order valence-corrected chi connectivity index (χ4v) is 4.08. The maximum absolute atomic E-state index is 12.2. The monoisotopic (exact) mass is 488 g/mol. The Hall–Kier alpha value is -2.24. The number of fused-ring (bicyclic) bond motifs is 1. The number of nitriles is 1. The van der Waals surface area contributed by atoms with Crippen LogP contribution in [0.3, 0.4) is 0 Å². The van der Waals surface area contributed by atoms with Gasteiger partial charge in [0.25, 0.3) is 0 Å². The number of nitrogens with zero attached hydrogens (tertiary/aromatic N) is 3. The van der Waals surface area contributed by atoms with E-state index in [1.54, 1.807) is 12.4 Å². The lowest BCUT2D eigenvalue weighted by Gasteiger charge is -2.13. The summed E-state index contributed by atoms with van der Waals surface area (Å²) in [5.74, 6) is -0.112. The number of halogens is 2. The van der Waals surface area contributed by atoms with Crippen molar-refractivity contribution in [2.24, 2.45) is 11.8 Å². The molecule has 1 saturated carbocycles. The topological polar surface area (TPSA) is 78.7 Å². The van der Waals surface area contributed by atoms with E-state index in [0.29, 0.717) is 17.3 Å². The highest BCUT2D eigenvalue weighted by Crippen LogP contribution is 2.40. The molecule has 1 N–H and O–H groups in total. The summed E-state index contributed by atoms with van der Waals surface area (Å²) >= 11 is 8.84. The molecule has 0 radical (unpaired) electrons. The predicted octanol–water partition coefficient (Wildman–Crippen LogP) is 4.96. The molecule has 0 saturated heterocycles. The summed E-state index contributed by atoms with van der Waals surface area (Å²) in [5, 5.41) is 14.0. The van der Waals surface area contributed by atoms with Gasteiger partial charge in [0.15, 0.2) is 0 Å². The Bertz CT molecular complexity index is 1120. The van der Waals surface area contributed by atoms with Gasteiger partial charge in [0, 0.05) is 33.1 Å². The van der Waals surface area contributed by atoms with Gasteiger partial charge >= 0.3 is 0 Å². The number of anilines is 1. The van der Waals surface area contributed by atoms with Gasteiger partial charge in [-0.15, -0.1) is 0 Å². The third-order valence-electron chi connectivity index (χ3n) is 4.77. The zero-order valence-corrected chi connectivity index (χ0v) is 17.2. The van der Waals surface area contributed by atoms with Crippen LogP contribution in [0, 0.1) is 33.7 Å². The van der Waals surface area contributed by atoms with Gasteiger partial charge in [-0.25, -0.2) is 4.98 Å². The number of rotatable bonds is 3. The molecule has 4 rings (SSSR count). The van der Waals surface area contributed by atoms with Crippen molar-refractivity contribution in [2.45, 2.75) is 13.3 Å². The molecule has 5 nitrogen and oxygen atoms in total. The summed E-state index contributed by atoms with van der Waals surface area (Å²) in [4.78, 5) is 20.7. The summed E-state index contributed by atoms with van der Waals surface area (Å²) < 4.78 is 0.936. The smallest absolute Gasteiger partial charge is 0.230 e. The van der Waals surface area contributed by atoms with Crippen LogP contribution in [0.15, 0.2) is 36.8 Å². The molecule has 1 aromatic carbocycles. The van der Waals surface area contributed by atoms with Crippen LogP contribution in [0.4, 0.5) is 5.82 Å². The molecule has 2 heterocycles. The normalized spacial score (nSPS) is 18.1. The van der Waals surface area contributed by atoms with Crippen molar-refractivity contribution >= 4 is 56.7 Å². The van der Waals surface area contributed by atoms with Gasteiger partial charge in [-0.1, -0.05) is 11.6 Å². The average molecular weight is 489 g/mol. The number of hydrogen-bond acceptors (Lipinski definition) is 4. The van der Waals surface area contributed by atoms with Crippen molar-refractivity contribution in [3.63, 3.8) is 0 Å². The van der Waals surface area contributed by atoms with Gasteiger partial charge < -0.3 is 5.32 Å². The first-order valence-corrected chi connectivity index (χ1v) is 9.84. The van der Waals surface area contributed by atoms with Crippen molar-refractivity contribution in [1.29, 1.82) is 5.26 Å². The van der Waals surface area contributed by atoms with Crippen molar-refractivity contribution in [3.8, 4) is 17.2 Å². The third kappa shape index (κ3) is 3.37. The molecule has 2 atom stereocenters. The van der Waals surface area contributed by atoms with E-state index in [2.05, 4.69) is 43.9 Å². The van der Waals surface area contributed by atoms with E-state index >= 15 is 0 Å². The second-order valence-corrected chi connectivity index (χ2v) is 8.06. The Kier molecular flexibility index (Phi) is 4.74. The van der Waals surface area contributed by atoms with Crippen molar-refractivity contribution in [1.82, 2.24) is 9.97 Å². The molecule has 1 fully saturated rings. The molecule has 1 aliphatic rings. The summed E-state index contributed by atoms with van der Waals surface area (Å²) in [6, 6.07) is 7.94. The highest BCUT2D eigenvalue weighted by molar-refractivity contribution is 14.1. The summed E-state index contributed by atoms with van der Waals surface area (Å²) in [5.41, 5.74) is 3.12. The van der Waals surface area contributed by atoms with Crippen LogP contribution in [0.25, 0.3) is 21.9 Å². The lowest BCUT2D eigenvalue weighted by Crippen LogP contribution is -2.15. The molecule has 2 aromatic heterocycles. The number of carbonyl (C=O) groups is 1. The van der Waals surface area contributed by atoms with Crippen LogP contribution < -0.4 is 5.32 Å². The first-order chi connectivity index (χ1) is 13.0. The largest absolute Gasteiger partial charge is 0.310 e. The molecule has 7 heteroatoms. The number of nitrogens with one attached hydrogen (secondary N) is 1. The number of hydrogen-bond donors (Lipinski definition) is 1. The molecule has 1 amide bonds. The van der Waals surface area contributed by atoms with Crippen molar-refractivity contribution in [2.75, 3.05) is 5.32 Å². The summed E-state index contributed by atoms with van der Waals surface area (Å²) in [6.45, 7) is 2.03. The Morgan fingerprint density at radius 3 is 2.89 bits per heavy atom. The van der Waals surface area contributed by atoms with Crippen LogP contribution in [0.1, 0.15) is 12.0 Å². The Morgan fingerprint density at radius 2 is 2.19 bits per heavy atom. The lowest BCUT2D eigenvalue weighted by atomic mass is 10.00. The minimum Gasteiger partial charge on any atom is -0.310 e. The Morgan fingerprint density at radius 1 is 1.37 bits per heavy atom. The lowest BCUT2D eigenvalue weighted by molar-refractivity contribution is -0.117. The van der Waals surface area contributed by atoms with Crippen LogP contribution >= 0.6 is 34.2 Å². The first-order valence-electron chi connectivity index (χ1n) is 8.39. The molecular weight excluding hydrogens is 475 g/mol. The molecule has 134 valence electrons. The fraction of sp³-hybridized carbons (Fsp3) is 0.200. The maximum atomic E-state index is 12.2. The van der Waals surface area contributed by atoms with Crippen LogP contribution in [0.2, 0.25) is 5.02 Å². The van der Waals surface area contributed by atoms with Gasteiger partial charge in [0.1, 0.15) is 5.82 Å². The van der Waals surface area contributed by atoms with Crippen LogP contribution in [0.5, 0.6) is 0 Å². The minimum atomic E-state index is -0.235. The molecule has 27 heavy (non-hydrogen) atoms. The highest BCUT2D eigenvalue weighted by Gasteiger charge is 2.43. The van der Waals surface area contributed by atoms with E-state index in [-0.39, 0.29) is 17.7 Å². The van der Waals surface area contributed by atoms with E-state index in [1.807, 2.05) is 31.3 Å². The molecular formula is C20H14ClIN4O. The number of amides is 1. The molecule has 1 aliphatic carbocycles. The molecule has 0 bridgehead atoms.